The molecule has 6 heteroatoms. The van der Waals surface area contributed by atoms with Crippen molar-refractivity contribution in [3.63, 3.8) is 0 Å². The summed E-state index contributed by atoms with van der Waals surface area (Å²) >= 11 is 0. The van der Waals surface area contributed by atoms with Crippen LogP contribution in [0.25, 0.3) is 0 Å². The van der Waals surface area contributed by atoms with Crippen LogP contribution in [0.15, 0.2) is 24.3 Å². The van der Waals surface area contributed by atoms with E-state index in [-0.39, 0.29) is 6.42 Å². The fourth-order valence-electron chi connectivity index (χ4n) is 1.86. The maximum absolute atomic E-state index is 11.8. The van der Waals surface area contributed by atoms with Crippen LogP contribution in [0.5, 0.6) is 0 Å². The molecule has 1 rings (SSSR count). The summed E-state index contributed by atoms with van der Waals surface area (Å²) in [4.78, 5) is 34.2. The number of hydrogen-bond donors (Lipinski definition) is 3. The van der Waals surface area contributed by atoms with Crippen molar-refractivity contribution in [2.45, 2.75) is 39.2 Å². The van der Waals surface area contributed by atoms with Crippen molar-refractivity contribution in [1.29, 1.82) is 0 Å². The maximum Gasteiger partial charge on any atom is 0.313 e. The first-order valence-electron chi connectivity index (χ1n) is 6.82. The molecule has 0 aromatic heterocycles. The first kappa shape index (κ1) is 16.7. The van der Waals surface area contributed by atoms with Crippen molar-refractivity contribution in [2.24, 2.45) is 0 Å². The van der Waals surface area contributed by atoms with Crippen LogP contribution in [0.3, 0.4) is 0 Å². The van der Waals surface area contributed by atoms with Gasteiger partial charge >= 0.3 is 17.8 Å². The van der Waals surface area contributed by atoms with Gasteiger partial charge in [-0.1, -0.05) is 31.0 Å². The lowest BCUT2D eigenvalue weighted by molar-refractivity contribution is -0.139. The highest BCUT2D eigenvalue weighted by atomic mass is 16.4. The van der Waals surface area contributed by atoms with Gasteiger partial charge in [0.2, 0.25) is 0 Å². The quantitative estimate of drug-likeness (QED) is 0.695. The van der Waals surface area contributed by atoms with Gasteiger partial charge in [0.15, 0.2) is 0 Å². The van der Waals surface area contributed by atoms with Crippen molar-refractivity contribution in [3.05, 3.63) is 29.8 Å². The number of carbonyl (C=O) groups excluding carboxylic acids is 2. The molecular weight excluding hydrogens is 272 g/mol. The number of aryl methyl sites for hydroxylation is 1. The zero-order chi connectivity index (χ0) is 15.8. The second-order valence-corrected chi connectivity index (χ2v) is 4.88. The number of amides is 2. The van der Waals surface area contributed by atoms with E-state index in [0.29, 0.717) is 12.1 Å². The van der Waals surface area contributed by atoms with E-state index < -0.39 is 23.8 Å². The van der Waals surface area contributed by atoms with Gasteiger partial charge in [0, 0.05) is 11.7 Å². The number of nitrogens with one attached hydrogen (secondary N) is 2. The highest BCUT2D eigenvalue weighted by Gasteiger charge is 2.20. The van der Waals surface area contributed by atoms with E-state index in [9.17, 15) is 14.4 Å². The summed E-state index contributed by atoms with van der Waals surface area (Å²) in [6.45, 7) is 3.80. The molecule has 3 N–H and O–H groups in total. The van der Waals surface area contributed by atoms with Crippen LogP contribution in [0.1, 0.15) is 31.7 Å². The minimum atomic E-state index is -1.01. The SMILES string of the molecule is CCCC(CC(=O)O)NC(=O)C(=O)Nc1ccc(C)cc1. The summed E-state index contributed by atoms with van der Waals surface area (Å²) in [6, 6.07) is 6.49. The molecule has 0 radical (unpaired) electrons. The van der Waals surface area contributed by atoms with Gasteiger partial charge in [-0.3, -0.25) is 14.4 Å². The number of aliphatic carboxylic acids is 1. The van der Waals surface area contributed by atoms with Crippen molar-refractivity contribution in [3.8, 4) is 0 Å². The molecule has 0 aliphatic carbocycles. The van der Waals surface area contributed by atoms with Gasteiger partial charge in [-0.2, -0.15) is 0 Å². The third kappa shape index (κ3) is 6.07. The van der Waals surface area contributed by atoms with E-state index in [0.717, 1.165) is 12.0 Å². The van der Waals surface area contributed by atoms with E-state index >= 15 is 0 Å². The molecule has 21 heavy (non-hydrogen) atoms. The predicted molar refractivity (Wildman–Crippen MR) is 78.9 cm³/mol. The fourth-order valence-corrected chi connectivity index (χ4v) is 1.86. The zero-order valence-electron chi connectivity index (χ0n) is 12.2. The average Bonchev–Trinajstić information content (AvgIpc) is 2.40. The van der Waals surface area contributed by atoms with Crippen LogP contribution >= 0.6 is 0 Å². The first-order chi connectivity index (χ1) is 9.92. The van der Waals surface area contributed by atoms with Gasteiger partial charge in [-0.05, 0) is 25.5 Å². The van der Waals surface area contributed by atoms with E-state index in [2.05, 4.69) is 10.6 Å². The summed E-state index contributed by atoms with van der Waals surface area (Å²) in [7, 11) is 0. The molecule has 0 saturated heterocycles. The molecule has 6 nitrogen and oxygen atoms in total. The van der Waals surface area contributed by atoms with Gasteiger partial charge in [-0.25, -0.2) is 0 Å². The number of carbonyl (C=O) groups is 3. The Hall–Kier alpha value is -2.37. The second kappa shape index (κ2) is 8.04. The minimum absolute atomic E-state index is 0.197. The van der Waals surface area contributed by atoms with Crippen LogP contribution in [-0.2, 0) is 14.4 Å². The van der Waals surface area contributed by atoms with Crippen LogP contribution in [0.4, 0.5) is 5.69 Å². The molecule has 1 aromatic rings. The Balaban J connectivity index is 2.58. The predicted octanol–water partition coefficient (Wildman–Crippen LogP) is 1.69. The molecule has 0 aliphatic rings. The molecule has 1 unspecified atom stereocenters. The molecule has 0 aliphatic heterocycles. The molecule has 0 heterocycles. The van der Waals surface area contributed by atoms with Crippen molar-refractivity contribution < 1.29 is 19.5 Å². The fraction of sp³-hybridized carbons (Fsp3) is 0.400. The minimum Gasteiger partial charge on any atom is -0.481 e. The molecular formula is C15H20N2O4. The van der Waals surface area contributed by atoms with E-state index in [4.69, 9.17) is 5.11 Å². The third-order valence-electron chi connectivity index (χ3n) is 2.91. The summed E-state index contributed by atoms with van der Waals surface area (Å²) in [5.41, 5.74) is 1.56. The molecule has 1 aromatic carbocycles. The van der Waals surface area contributed by atoms with Gasteiger partial charge in [0.1, 0.15) is 0 Å². The van der Waals surface area contributed by atoms with Crippen molar-refractivity contribution in [2.75, 3.05) is 5.32 Å². The number of anilines is 1. The number of rotatable bonds is 6. The molecule has 2 amide bonds. The summed E-state index contributed by atoms with van der Waals surface area (Å²) in [6.07, 6.45) is 1.03. The zero-order valence-corrected chi connectivity index (χ0v) is 12.2. The van der Waals surface area contributed by atoms with E-state index in [1.807, 2.05) is 26.0 Å². The van der Waals surface area contributed by atoms with Crippen LogP contribution in [-0.4, -0.2) is 28.9 Å². The lowest BCUT2D eigenvalue weighted by Gasteiger charge is -2.15. The molecule has 1 atom stereocenters. The Kier molecular flexibility index (Phi) is 6.39. The highest BCUT2D eigenvalue weighted by molar-refractivity contribution is 6.39. The first-order valence-corrected chi connectivity index (χ1v) is 6.82. The number of carboxylic acids is 1. The van der Waals surface area contributed by atoms with Crippen LogP contribution in [0.2, 0.25) is 0 Å². The Morgan fingerprint density at radius 2 is 1.76 bits per heavy atom. The number of benzene rings is 1. The largest absolute Gasteiger partial charge is 0.481 e. The summed E-state index contributed by atoms with van der Waals surface area (Å²) in [5.74, 6) is -2.63. The normalized spacial score (nSPS) is 11.5. The van der Waals surface area contributed by atoms with Gasteiger partial charge in [0.25, 0.3) is 0 Å². The Morgan fingerprint density at radius 3 is 2.29 bits per heavy atom. The summed E-state index contributed by atoms with van der Waals surface area (Å²) in [5, 5.41) is 13.7. The smallest absolute Gasteiger partial charge is 0.313 e. The Morgan fingerprint density at radius 1 is 1.14 bits per heavy atom. The van der Waals surface area contributed by atoms with Crippen LogP contribution in [0, 0.1) is 6.92 Å². The molecule has 114 valence electrons. The highest BCUT2D eigenvalue weighted by Crippen LogP contribution is 2.08. The Bertz CT molecular complexity index is 511. The van der Waals surface area contributed by atoms with Crippen LogP contribution < -0.4 is 10.6 Å². The van der Waals surface area contributed by atoms with E-state index in [1.54, 1.807) is 12.1 Å². The lowest BCUT2D eigenvalue weighted by atomic mass is 10.1. The maximum atomic E-state index is 11.8. The lowest BCUT2D eigenvalue weighted by Crippen LogP contribution is -2.42. The monoisotopic (exact) mass is 292 g/mol. The van der Waals surface area contributed by atoms with Crippen molar-refractivity contribution >= 4 is 23.5 Å². The molecule has 0 saturated carbocycles. The Labute approximate surface area is 123 Å². The standard InChI is InChI=1S/C15H20N2O4/c1-3-4-12(9-13(18)19)17-15(21)14(20)16-11-7-5-10(2)6-8-11/h5-8,12H,3-4,9H2,1-2H3,(H,16,20)(H,17,21)(H,18,19). The average molecular weight is 292 g/mol. The van der Waals surface area contributed by atoms with Crippen molar-refractivity contribution in [1.82, 2.24) is 5.32 Å². The molecule has 0 spiro atoms. The number of carboxylic acid groups (broad SMARTS) is 1. The van der Waals surface area contributed by atoms with Gasteiger partial charge < -0.3 is 15.7 Å². The topological polar surface area (TPSA) is 95.5 Å². The number of hydrogen-bond acceptors (Lipinski definition) is 3. The van der Waals surface area contributed by atoms with Gasteiger partial charge in [0.05, 0.1) is 6.42 Å². The summed E-state index contributed by atoms with van der Waals surface area (Å²) < 4.78 is 0. The third-order valence-corrected chi connectivity index (χ3v) is 2.91. The second-order valence-electron chi connectivity index (χ2n) is 4.88. The molecule has 0 bridgehead atoms. The van der Waals surface area contributed by atoms with Gasteiger partial charge in [-0.15, -0.1) is 0 Å². The molecule has 0 fully saturated rings. The van der Waals surface area contributed by atoms with E-state index in [1.165, 1.54) is 0 Å².